The molecule has 4 rings (SSSR count). The minimum absolute atomic E-state index is 0.00277. The number of aliphatic hydroxyl groups is 1. The second kappa shape index (κ2) is 10.4. The van der Waals surface area contributed by atoms with Gasteiger partial charge in [-0.25, -0.2) is 0 Å². The lowest BCUT2D eigenvalue weighted by Crippen LogP contribution is -2.54. The van der Waals surface area contributed by atoms with Crippen molar-refractivity contribution in [1.29, 1.82) is 0 Å². The smallest absolute Gasteiger partial charge is 0.247 e. The SMILES string of the molecule is CCCN1CC=C[C@@H]2S[C@]34C=CCN(C(C)C)C(=O)C3N(CCCCCCO)C(=O)[C@@H]4[C@@H]2C1=O. The number of nitrogens with zero attached hydrogens (tertiary/aromatic N) is 3. The molecule has 0 aromatic carbocycles. The third-order valence-electron chi connectivity index (χ3n) is 7.70. The molecule has 0 aromatic heterocycles. The largest absolute Gasteiger partial charge is 0.396 e. The number of thioether (sulfide) groups is 1. The van der Waals surface area contributed by atoms with E-state index in [4.69, 9.17) is 5.11 Å². The zero-order valence-corrected chi connectivity index (χ0v) is 21.5. The summed E-state index contributed by atoms with van der Waals surface area (Å²) in [6.07, 6.45) is 12.5. The predicted molar refractivity (Wildman–Crippen MR) is 134 cm³/mol. The van der Waals surface area contributed by atoms with E-state index in [0.29, 0.717) is 26.2 Å². The van der Waals surface area contributed by atoms with Crippen LogP contribution in [0.25, 0.3) is 0 Å². The van der Waals surface area contributed by atoms with Crippen molar-refractivity contribution in [1.82, 2.24) is 14.7 Å². The van der Waals surface area contributed by atoms with E-state index in [0.717, 1.165) is 32.1 Å². The highest BCUT2D eigenvalue weighted by Crippen LogP contribution is 2.61. The van der Waals surface area contributed by atoms with Gasteiger partial charge in [0.05, 0.1) is 16.6 Å². The minimum Gasteiger partial charge on any atom is -0.396 e. The number of unbranched alkanes of at least 4 members (excludes halogenated alkanes) is 3. The fraction of sp³-hybridized carbons (Fsp3) is 0.731. The van der Waals surface area contributed by atoms with Crippen LogP contribution in [0.2, 0.25) is 0 Å². The minimum atomic E-state index is -0.715. The molecule has 1 N–H and O–H groups in total. The topological polar surface area (TPSA) is 81.2 Å². The van der Waals surface area contributed by atoms with Crippen molar-refractivity contribution in [2.75, 3.05) is 32.8 Å². The monoisotopic (exact) mass is 489 g/mol. The maximum absolute atomic E-state index is 14.1. The van der Waals surface area contributed by atoms with Crippen LogP contribution in [-0.2, 0) is 14.4 Å². The molecule has 4 heterocycles. The van der Waals surface area contributed by atoms with Crippen molar-refractivity contribution in [3.05, 3.63) is 24.3 Å². The van der Waals surface area contributed by atoms with Crippen molar-refractivity contribution in [3.8, 4) is 0 Å². The Bertz CT molecular complexity index is 859. The Balaban J connectivity index is 1.71. The molecular weight excluding hydrogens is 450 g/mol. The molecular formula is C26H39N3O4S. The van der Waals surface area contributed by atoms with Gasteiger partial charge in [0.1, 0.15) is 6.04 Å². The number of hydrogen-bond acceptors (Lipinski definition) is 5. The summed E-state index contributed by atoms with van der Waals surface area (Å²) in [4.78, 5) is 47.3. The molecule has 3 amide bonds. The number of carbonyl (C=O) groups is 3. The molecule has 1 spiro atoms. The van der Waals surface area contributed by atoms with Crippen LogP contribution in [0.4, 0.5) is 0 Å². The fourth-order valence-electron chi connectivity index (χ4n) is 6.13. The Labute approximate surface area is 207 Å². The van der Waals surface area contributed by atoms with Crippen molar-refractivity contribution in [3.63, 3.8) is 0 Å². The van der Waals surface area contributed by atoms with Gasteiger partial charge in [-0.2, -0.15) is 0 Å². The first kappa shape index (κ1) is 25.3. The number of fused-ring (bicyclic) bond motifs is 2. The van der Waals surface area contributed by atoms with Gasteiger partial charge in [-0.05, 0) is 33.1 Å². The first-order valence-corrected chi connectivity index (χ1v) is 13.8. The molecule has 4 aliphatic rings. The first-order valence-electron chi connectivity index (χ1n) is 12.9. The van der Waals surface area contributed by atoms with Crippen LogP contribution in [0.5, 0.6) is 0 Å². The van der Waals surface area contributed by atoms with Gasteiger partial charge in [0, 0.05) is 44.1 Å². The second-order valence-electron chi connectivity index (χ2n) is 10.2. The second-order valence-corrected chi connectivity index (χ2v) is 11.7. The van der Waals surface area contributed by atoms with Gasteiger partial charge in [-0.15, -0.1) is 11.8 Å². The zero-order chi connectivity index (χ0) is 24.5. The summed E-state index contributed by atoms with van der Waals surface area (Å²) in [7, 11) is 0. The van der Waals surface area contributed by atoms with Gasteiger partial charge in [0.2, 0.25) is 17.7 Å². The van der Waals surface area contributed by atoms with E-state index in [1.807, 2.05) is 29.7 Å². The van der Waals surface area contributed by atoms with Crippen LogP contribution in [0, 0.1) is 11.8 Å². The van der Waals surface area contributed by atoms with E-state index >= 15 is 0 Å². The summed E-state index contributed by atoms with van der Waals surface area (Å²) in [6, 6.07) is -0.548. The molecule has 2 fully saturated rings. The number of carbonyl (C=O) groups excluding carboxylic acids is 3. The van der Waals surface area contributed by atoms with Crippen molar-refractivity contribution in [2.24, 2.45) is 11.8 Å². The number of likely N-dealkylation sites (tertiary alicyclic amines) is 1. The zero-order valence-electron chi connectivity index (χ0n) is 20.7. The van der Waals surface area contributed by atoms with Crippen LogP contribution >= 0.6 is 11.8 Å². The van der Waals surface area contributed by atoms with E-state index in [1.54, 1.807) is 16.7 Å². The maximum Gasteiger partial charge on any atom is 0.247 e. The van der Waals surface area contributed by atoms with E-state index in [-0.39, 0.29) is 35.6 Å². The van der Waals surface area contributed by atoms with Crippen LogP contribution in [0.1, 0.15) is 52.9 Å². The Morgan fingerprint density at radius 2 is 1.79 bits per heavy atom. The predicted octanol–water partition coefficient (Wildman–Crippen LogP) is 2.45. The normalized spacial score (nSPS) is 32.9. The summed E-state index contributed by atoms with van der Waals surface area (Å²) in [5, 5.41) is 8.98. The van der Waals surface area contributed by atoms with E-state index in [9.17, 15) is 14.4 Å². The van der Waals surface area contributed by atoms with Gasteiger partial charge in [-0.3, -0.25) is 14.4 Å². The Morgan fingerprint density at radius 1 is 1.03 bits per heavy atom. The first-order chi connectivity index (χ1) is 16.4. The van der Waals surface area contributed by atoms with Crippen LogP contribution < -0.4 is 0 Å². The highest BCUT2D eigenvalue weighted by Gasteiger charge is 2.70. The number of hydrogen-bond donors (Lipinski definition) is 1. The van der Waals surface area contributed by atoms with Crippen molar-refractivity contribution in [2.45, 2.75) is 75.0 Å². The highest BCUT2D eigenvalue weighted by atomic mass is 32.2. The number of rotatable bonds is 9. The molecule has 0 saturated carbocycles. The van der Waals surface area contributed by atoms with Crippen LogP contribution in [-0.4, -0.2) is 92.4 Å². The number of amides is 3. The molecule has 1 unspecified atom stereocenters. The van der Waals surface area contributed by atoms with Crippen LogP contribution in [0.15, 0.2) is 24.3 Å². The summed E-state index contributed by atoms with van der Waals surface area (Å²) in [5.41, 5.74) is 0. The van der Waals surface area contributed by atoms with Crippen molar-refractivity contribution < 1.29 is 19.5 Å². The van der Waals surface area contributed by atoms with Gasteiger partial charge >= 0.3 is 0 Å². The lowest BCUT2D eigenvalue weighted by atomic mass is 9.78. The van der Waals surface area contributed by atoms with Crippen LogP contribution in [0.3, 0.4) is 0 Å². The standard InChI is InChI=1S/C26H39N3O4S/c1-4-13-27-14-9-11-19-20(23(27)31)21-24(32)29(15-7-5-6-8-17-30)22-25(33)28(18(2)3)16-10-12-26(21,22)34-19/h9-12,18-22,30H,4-8,13-17H2,1-3H3/t19-,20+,21-,22?,26-/m0/s1. The molecule has 0 radical (unpaired) electrons. The quantitative estimate of drug-likeness (QED) is 0.398. The molecule has 34 heavy (non-hydrogen) atoms. The lowest BCUT2D eigenvalue weighted by molar-refractivity contribution is -0.144. The summed E-state index contributed by atoms with van der Waals surface area (Å²) < 4.78 is -0.715. The van der Waals surface area contributed by atoms with Gasteiger partial charge in [0.25, 0.3) is 0 Å². The molecule has 0 bridgehead atoms. The van der Waals surface area contributed by atoms with Gasteiger partial charge < -0.3 is 19.8 Å². The maximum atomic E-state index is 14.1. The molecule has 2 saturated heterocycles. The number of aliphatic hydroxyl groups excluding tert-OH is 1. The van der Waals surface area contributed by atoms with E-state index in [2.05, 4.69) is 25.2 Å². The average Bonchev–Trinajstić information content (AvgIpc) is 3.11. The van der Waals surface area contributed by atoms with Crippen molar-refractivity contribution >= 4 is 29.5 Å². The highest BCUT2D eigenvalue weighted by molar-refractivity contribution is 8.02. The molecule has 188 valence electrons. The fourth-order valence-corrected chi connectivity index (χ4v) is 8.14. The summed E-state index contributed by atoms with van der Waals surface area (Å²) in [6.45, 7) is 8.57. The molecule has 0 aliphatic carbocycles. The summed E-state index contributed by atoms with van der Waals surface area (Å²) >= 11 is 1.66. The Morgan fingerprint density at radius 3 is 2.50 bits per heavy atom. The average molecular weight is 490 g/mol. The molecule has 8 heteroatoms. The van der Waals surface area contributed by atoms with E-state index < -0.39 is 22.6 Å². The summed E-state index contributed by atoms with van der Waals surface area (Å²) in [5.74, 6) is -0.957. The molecule has 4 aliphatic heterocycles. The molecule has 7 nitrogen and oxygen atoms in total. The van der Waals surface area contributed by atoms with Gasteiger partial charge in [0.15, 0.2) is 0 Å². The third kappa shape index (κ3) is 4.21. The third-order valence-corrected chi connectivity index (χ3v) is 9.44. The Hall–Kier alpha value is -1.80. The lowest BCUT2D eigenvalue weighted by Gasteiger charge is -2.36. The Kier molecular flexibility index (Phi) is 7.77. The molecule has 5 atom stereocenters. The molecule has 0 aromatic rings. The van der Waals surface area contributed by atoms with Gasteiger partial charge in [-0.1, -0.05) is 44.1 Å². The van der Waals surface area contributed by atoms with E-state index in [1.165, 1.54) is 0 Å².